The predicted molar refractivity (Wildman–Crippen MR) is 113 cm³/mol. The Bertz CT molecular complexity index is 871. The zero-order valence-corrected chi connectivity index (χ0v) is 17.5. The zero-order valence-electron chi connectivity index (χ0n) is 15.8. The first-order chi connectivity index (χ1) is 12.8. The molecule has 0 aromatic heterocycles. The number of rotatable bonds is 9. The van der Waals surface area contributed by atoms with Gasteiger partial charge < -0.3 is 15.8 Å². The SMILES string of the molecule is CCOc1ccc(S(=O)(=O)Nc2cccc(C(=O)NCCC(C)N)c2)cc1.Cl. The molecule has 1 amide bonds. The van der Waals surface area contributed by atoms with E-state index in [-0.39, 0.29) is 29.3 Å². The molecule has 9 heteroatoms. The summed E-state index contributed by atoms with van der Waals surface area (Å²) in [6, 6.07) is 12.5. The summed E-state index contributed by atoms with van der Waals surface area (Å²) >= 11 is 0. The lowest BCUT2D eigenvalue weighted by molar-refractivity contribution is 0.0953. The van der Waals surface area contributed by atoms with Crippen molar-refractivity contribution < 1.29 is 17.9 Å². The van der Waals surface area contributed by atoms with Crippen LogP contribution in [0.5, 0.6) is 5.75 Å². The Morgan fingerprint density at radius 3 is 2.46 bits per heavy atom. The third kappa shape index (κ3) is 7.03. The van der Waals surface area contributed by atoms with Crippen LogP contribution in [0.4, 0.5) is 5.69 Å². The number of carbonyl (C=O) groups is 1. The Morgan fingerprint density at radius 1 is 1.18 bits per heavy atom. The van der Waals surface area contributed by atoms with Gasteiger partial charge in [0.05, 0.1) is 11.5 Å². The first-order valence-electron chi connectivity index (χ1n) is 8.71. The van der Waals surface area contributed by atoms with E-state index in [4.69, 9.17) is 10.5 Å². The summed E-state index contributed by atoms with van der Waals surface area (Å²) in [5.74, 6) is 0.319. The molecule has 7 nitrogen and oxygen atoms in total. The fraction of sp³-hybridized carbons (Fsp3) is 0.316. The topological polar surface area (TPSA) is 111 Å². The third-order valence-corrected chi connectivity index (χ3v) is 5.10. The second-order valence-corrected chi connectivity index (χ2v) is 7.79. The smallest absolute Gasteiger partial charge is 0.261 e. The average molecular weight is 428 g/mol. The highest BCUT2D eigenvalue weighted by atomic mass is 35.5. The van der Waals surface area contributed by atoms with Crippen molar-refractivity contribution in [2.24, 2.45) is 5.73 Å². The summed E-state index contributed by atoms with van der Waals surface area (Å²) < 4.78 is 32.9. The number of ether oxygens (including phenoxy) is 1. The quantitative estimate of drug-likeness (QED) is 0.569. The van der Waals surface area contributed by atoms with Crippen molar-refractivity contribution in [2.45, 2.75) is 31.2 Å². The summed E-state index contributed by atoms with van der Waals surface area (Å²) in [4.78, 5) is 12.3. The molecule has 0 saturated heterocycles. The fourth-order valence-corrected chi connectivity index (χ4v) is 3.38. The minimum Gasteiger partial charge on any atom is -0.494 e. The number of halogens is 1. The van der Waals surface area contributed by atoms with Gasteiger partial charge >= 0.3 is 0 Å². The van der Waals surface area contributed by atoms with Crippen LogP contribution >= 0.6 is 12.4 Å². The molecule has 2 rings (SSSR count). The largest absolute Gasteiger partial charge is 0.494 e. The number of nitrogens with one attached hydrogen (secondary N) is 2. The molecule has 28 heavy (non-hydrogen) atoms. The summed E-state index contributed by atoms with van der Waals surface area (Å²) in [5, 5.41) is 2.76. The van der Waals surface area contributed by atoms with Crippen molar-refractivity contribution in [3.05, 3.63) is 54.1 Å². The van der Waals surface area contributed by atoms with Gasteiger partial charge in [-0.25, -0.2) is 8.42 Å². The third-order valence-electron chi connectivity index (χ3n) is 3.71. The van der Waals surface area contributed by atoms with E-state index < -0.39 is 10.0 Å². The lowest BCUT2D eigenvalue weighted by Crippen LogP contribution is -2.29. The second kappa shape index (κ2) is 10.9. The molecular formula is C19H26ClN3O4S. The maximum absolute atomic E-state index is 12.5. The van der Waals surface area contributed by atoms with Crippen LogP contribution in [0.1, 0.15) is 30.6 Å². The Balaban J connectivity index is 0.00000392. The zero-order chi connectivity index (χ0) is 19.9. The minimum atomic E-state index is -3.77. The van der Waals surface area contributed by atoms with Gasteiger partial charge in [-0.1, -0.05) is 6.07 Å². The lowest BCUT2D eigenvalue weighted by atomic mass is 10.2. The Labute approximate surface area is 172 Å². The van der Waals surface area contributed by atoms with Crippen LogP contribution in [-0.4, -0.2) is 33.5 Å². The van der Waals surface area contributed by atoms with Crippen molar-refractivity contribution in [2.75, 3.05) is 17.9 Å². The Hall–Kier alpha value is -2.29. The normalized spacial score (nSPS) is 11.8. The number of carbonyl (C=O) groups excluding carboxylic acids is 1. The number of hydrogen-bond donors (Lipinski definition) is 3. The summed E-state index contributed by atoms with van der Waals surface area (Å²) in [7, 11) is -3.77. The van der Waals surface area contributed by atoms with E-state index >= 15 is 0 Å². The van der Waals surface area contributed by atoms with Gasteiger partial charge in [0.2, 0.25) is 0 Å². The molecule has 0 fully saturated rings. The molecule has 1 unspecified atom stereocenters. The van der Waals surface area contributed by atoms with Crippen molar-refractivity contribution in [1.82, 2.24) is 5.32 Å². The highest BCUT2D eigenvalue weighted by Crippen LogP contribution is 2.20. The number of anilines is 1. The molecule has 154 valence electrons. The van der Waals surface area contributed by atoms with Crippen LogP contribution in [-0.2, 0) is 10.0 Å². The molecule has 4 N–H and O–H groups in total. The van der Waals surface area contributed by atoms with E-state index in [1.54, 1.807) is 30.3 Å². The van der Waals surface area contributed by atoms with Crippen LogP contribution in [0.25, 0.3) is 0 Å². The molecule has 1 atom stereocenters. The number of benzene rings is 2. The van der Waals surface area contributed by atoms with Crippen LogP contribution in [0.15, 0.2) is 53.4 Å². The number of amides is 1. The van der Waals surface area contributed by atoms with Gasteiger partial charge in [-0.05, 0) is 62.7 Å². The minimum absolute atomic E-state index is 0. The average Bonchev–Trinajstić information content (AvgIpc) is 2.62. The monoisotopic (exact) mass is 427 g/mol. The van der Waals surface area contributed by atoms with Gasteiger partial charge in [0.25, 0.3) is 15.9 Å². The van der Waals surface area contributed by atoms with E-state index in [2.05, 4.69) is 10.0 Å². The van der Waals surface area contributed by atoms with E-state index in [0.29, 0.717) is 36.6 Å². The van der Waals surface area contributed by atoms with E-state index in [1.165, 1.54) is 18.2 Å². The van der Waals surface area contributed by atoms with E-state index in [0.717, 1.165) is 0 Å². The standard InChI is InChI=1S/C19H25N3O4S.ClH/c1-3-26-17-7-9-18(10-8-17)27(24,25)22-16-6-4-5-15(13-16)19(23)21-12-11-14(2)20;/h4-10,13-14,22H,3,11-12,20H2,1-2H3,(H,21,23);1H. The van der Waals surface area contributed by atoms with Gasteiger partial charge in [-0.15, -0.1) is 12.4 Å². The molecule has 0 spiro atoms. The maximum atomic E-state index is 12.5. The lowest BCUT2D eigenvalue weighted by Gasteiger charge is -2.11. The van der Waals surface area contributed by atoms with E-state index in [1.807, 2.05) is 13.8 Å². The highest BCUT2D eigenvalue weighted by molar-refractivity contribution is 7.92. The van der Waals surface area contributed by atoms with Crippen molar-refractivity contribution in [3.8, 4) is 5.75 Å². The molecule has 0 aliphatic heterocycles. The van der Waals surface area contributed by atoms with Gasteiger partial charge in [-0.2, -0.15) is 0 Å². The number of sulfonamides is 1. The van der Waals surface area contributed by atoms with Gasteiger partial charge in [-0.3, -0.25) is 9.52 Å². The Kier molecular flexibility index (Phi) is 9.24. The van der Waals surface area contributed by atoms with Crippen LogP contribution in [0.3, 0.4) is 0 Å². The number of nitrogens with two attached hydrogens (primary N) is 1. The van der Waals surface area contributed by atoms with Crippen molar-refractivity contribution in [3.63, 3.8) is 0 Å². The van der Waals surface area contributed by atoms with E-state index in [9.17, 15) is 13.2 Å². The first kappa shape index (κ1) is 23.7. The molecule has 0 radical (unpaired) electrons. The molecule has 0 heterocycles. The first-order valence-corrected chi connectivity index (χ1v) is 10.2. The van der Waals surface area contributed by atoms with Gasteiger partial charge in [0.15, 0.2) is 0 Å². The van der Waals surface area contributed by atoms with Crippen LogP contribution in [0.2, 0.25) is 0 Å². The summed E-state index contributed by atoms with van der Waals surface area (Å²) in [5.41, 5.74) is 6.33. The molecule has 2 aromatic carbocycles. The molecular weight excluding hydrogens is 402 g/mol. The van der Waals surface area contributed by atoms with Gasteiger partial charge in [0, 0.05) is 23.8 Å². The highest BCUT2D eigenvalue weighted by Gasteiger charge is 2.15. The van der Waals surface area contributed by atoms with Crippen LogP contribution in [0, 0.1) is 0 Å². The fourth-order valence-electron chi connectivity index (χ4n) is 2.34. The molecule has 0 aliphatic rings. The van der Waals surface area contributed by atoms with Gasteiger partial charge in [0.1, 0.15) is 5.75 Å². The molecule has 0 saturated carbocycles. The summed E-state index contributed by atoms with van der Waals surface area (Å²) in [6.07, 6.45) is 0.663. The van der Waals surface area contributed by atoms with Crippen molar-refractivity contribution >= 4 is 34.0 Å². The maximum Gasteiger partial charge on any atom is 0.261 e. The molecule has 0 aliphatic carbocycles. The van der Waals surface area contributed by atoms with Crippen LogP contribution < -0.4 is 20.5 Å². The Morgan fingerprint density at radius 2 is 1.86 bits per heavy atom. The predicted octanol–water partition coefficient (Wildman–Crippen LogP) is 2.77. The second-order valence-electron chi connectivity index (χ2n) is 6.11. The molecule has 0 bridgehead atoms. The van der Waals surface area contributed by atoms with Crippen molar-refractivity contribution in [1.29, 1.82) is 0 Å². The number of hydrogen-bond acceptors (Lipinski definition) is 5. The summed E-state index contributed by atoms with van der Waals surface area (Å²) in [6.45, 7) is 4.68. The molecule has 2 aromatic rings.